The molecule has 0 saturated carbocycles. The summed E-state index contributed by atoms with van der Waals surface area (Å²) < 4.78 is 10.6. The van der Waals surface area contributed by atoms with Gasteiger partial charge in [-0.25, -0.2) is 9.59 Å². The number of terminal acetylenes is 2. The number of hydrogen-bond donors (Lipinski definition) is 2. The van der Waals surface area contributed by atoms with Crippen molar-refractivity contribution in [1.82, 2.24) is 0 Å². The maximum atomic E-state index is 11.9. The molecule has 0 saturated heterocycles. The van der Waals surface area contributed by atoms with Crippen LogP contribution in [-0.2, 0) is 5.41 Å². The summed E-state index contributed by atoms with van der Waals surface area (Å²) in [5, 5.41) is 19.4. The molecule has 0 unspecified atom stereocenters. The molecule has 6 heteroatoms. The Hall–Kier alpha value is -3.90. The van der Waals surface area contributed by atoms with E-state index in [9.17, 15) is 19.8 Å². The third kappa shape index (κ3) is 4.69. The van der Waals surface area contributed by atoms with Gasteiger partial charge in [0.2, 0.25) is 0 Å². The molecule has 0 aliphatic carbocycles. The van der Waals surface area contributed by atoms with E-state index < -0.39 is 17.4 Å². The van der Waals surface area contributed by atoms with Crippen LogP contribution in [0.15, 0.2) is 36.4 Å². The first-order valence-corrected chi connectivity index (χ1v) is 8.60. The van der Waals surface area contributed by atoms with E-state index in [-0.39, 0.29) is 24.3 Å². The first kappa shape index (κ1) is 21.4. The Bertz CT molecular complexity index is 939. The van der Waals surface area contributed by atoms with Crippen molar-refractivity contribution in [2.24, 2.45) is 0 Å². The summed E-state index contributed by atoms with van der Waals surface area (Å²) in [5.74, 6) is 2.94. The molecule has 0 aliphatic rings. The molecule has 29 heavy (non-hydrogen) atoms. The first-order chi connectivity index (χ1) is 13.7. The van der Waals surface area contributed by atoms with Crippen LogP contribution < -0.4 is 9.47 Å². The molecular weight excluding hydrogens is 372 g/mol. The third-order valence-electron chi connectivity index (χ3n) is 4.43. The average Bonchev–Trinajstić information content (AvgIpc) is 2.70. The van der Waals surface area contributed by atoms with Gasteiger partial charge in [-0.15, -0.1) is 12.8 Å². The Morgan fingerprint density at radius 3 is 1.55 bits per heavy atom. The van der Waals surface area contributed by atoms with Gasteiger partial charge in [0, 0.05) is 5.41 Å². The summed E-state index contributed by atoms with van der Waals surface area (Å²) in [6.07, 6.45) is 10.3. The van der Waals surface area contributed by atoms with Crippen molar-refractivity contribution in [3.8, 4) is 36.2 Å². The summed E-state index contributed by atoms with van der Waals surface area (Å²) in [4.78, 5) is 23.7. The van der Waals surface area contributed by atoms with Gasteiger partial charge in [0.05, 0.1) is 11.1 Å². The fourth-order valence-electron chi connectivity index (χ4n) is 3.07. The van der Waals surface area contributed by atoms with Crippen LogP contribution in [0.25, 0.3) is 0 Å². The molecule has 0 bridgehead atoms. The second-order valence-corrected chi connectivity index (χ2v) is 6.64. The van der Waals surface area contributed by atoms with Gasteiger partial charge in [-0.05, 0) is 35.4 Å². The van der Waals surface area contributed by atoms with Gasteiger partial charge in [-0.2, -0.15) is 0 Å². The molecule has 2 rings (SSSR count). The van der Waals surface area contributed by atoms with E-state index in [1.54, 1.807) is 38.1 Å². The molecule has 148 valence electrons. The lowest BCUT2D eigenvalue weighted by molar-refractivity contribution is 0.0686. The summed E-state index contributed by atoms with van der Waals surface area (Å²) in [6, 6.07) is 9.16. The highest BCUT2D eigenvalue weighted by molar-refractivity contribution is 5.93. The van der Waals surface area contributed by atoms with Gasteiger partial charge >= 0.3 is 11.9 Å². The van der Waals surface area contributed by atoms with Crippen molar-refractivity contribution in [1.29, 1.82) is 0 Å². The van der Waals surface area contributed by atoms with Gasteiger partial charge in [-0.3, -0.25) is 0 Å². The van der Waals surface area contributed by atoms with Crippen molar-refractivity contribution < 1.29 is 29.3 Å². The molecular formula is C23H20O6. The van der Waals surface area contributed by atoms with Crippen LogP contribution in [0.5, 0.6) is 11.5 Å². The van der Waals surface area contributed by atoms with Crippen molar-refractivity contribution in [3.63, 3.8) is 0 Å². The van der Waals surface area contributed by atoms with Gasteiger partial charge < -0.3 is 19.7 Å². The molecule has 0 spiro atoms. The maximum absolute atomic E-state index is 11.9. The standard InChI is InChI=1S/C23H20O6/c1-5-11-28-15-7-9-19(17(13-15)21(24)25)23(3,4)20-10-8-16(29-12-6-2)14-18(20)22(26)27/h1-2,7-10,13-14H,11-12H2,3-4H3,(H,24,25)(H,26,27). The minimum Gasteiger partial charge on any atom is -0.481 e. The van der Waals surface area contributed by atoms with Crippen molar-refractivity contribution in [2.45, 2.75) is 19.3 Å². The van der Waals surface area contributed by atoms with E-state index in [0.717, 1.165) is 0 Å². The third-order valence-corrected chi connectivity index (χ3v) is 4.43. The van der Waals surface area contributed by atoms with E-state index in [1.807, 2.05) is 0 Å². The fourth-order valence-corrected chi connectivity index (χ4v) is 3.07. The molecule has 6 nitrogen and oxygen atoms in total. The van der Waals surface area contributed by atoms with E-state index in [4.69, 9.17) is 22.3 Å². The number of benzene rings is 2. The van der Waals surface area contributed by atoms with Gasteiger partial charge in [0.15, 0.2) is 0 Å². The number of carboxylic acids is 2. The summed E-state index contributed by atoms with van der Waals surface area (Å²) >= 11 is 0. The topological polar surface area (TPSA) is 93.1 Å². The van der Waals surface area contributed by atoms with Gasteiger partial charge in [0.25, 0.3) is 0 Å². The molecule has 0 aromatic heterocycles. The van der Waals surface area contributed by atoms with Crippen LogP contribution in [0, 0.1) is 24.7 Å². The lowest BCUT2D eigenvalue weighted by Gasteiger charge is -2.29. The van der Waals surface area contributed by atoms with Gasteiger partial charge in [-0.1, -0.05) is 37.8 Å². The van der Waals surface area contributed by atoms with E-state index in [2.05, 4.69) is 11.8 Å². The number of aromatic carboxylic acids is 2. The van der Waals surface area contributed by atoms with Crippen LogP contribution in [0.1, 0.15) is 45.7 Å². The van der Waals surface area contributed by atoms with Crippen molar-refractivity contribution in [2.75, 3.05) is 13.2 Å². The zero-order chi connectivity index (χ0) is 21.6. The smallest absolute Gasteiger partial charge is 0.336 e. The van der Waals surface area contributed by atoms with E-state index in [1.165, 1.54) is 12.1 Å². The van der Waals surface area contributed by atoms with Crippen LogP contribution >= 0.6 is 0 Å². The van der Waals surface area contributed by atoms with Gasteiger partial charge in [0.1, 0.15) is 24.7 Å². The fraction of sp³-hybridized carbons (Fsp3) is 0.217. The molecule has 2 N–H and O–H groups in total. The normalized spacial score (nSPS) is 10.5. The lowest BCUT2D eigenvalue weighted by Crippen LogP contribution is -2.25. The minimum absolute atomic E-state index is 0.00405. The lowest BCUT2D eigenvalue weighted by atomic mass is 9.74. The Morgan fingerprint density at radius 1 is 0.862 bits per heavy atom. The largest absolute Gasteiger partial charge is 0.481 e. The Morgan fingerprint density at radius 2 is 1.24 bits per heavy atom. The van der Waals surface area contributed by atoms with Crippen LogP contribution in [-0.4, -0.2) is 35.4 Å². The Balaban J connectivity index is 2.60. The van der Waals surface area contributed by atoms with Crippen molar-refractivity contribution in [3.05, 3.63) is 58.7 Å². The molecule has 0 radical (unpaired) electrons. The Kier molecular flexibility index (Phi) is 6.54. The average molecular weight is 392 g/mol. The summed E-state index contributed by atoms with van der Waals surface area (Å²) in [5.41, 5.74) is -0.103. The quantitative estimate of drug-likeness (QED) is 0.669. The first-order valence-electron chi connectivity index (χ1n) is 8.60. The predicted octanol–water partition coefficient (Wildman–Crippen LogP) is 3.43. The highest BCUT2D eigenvalue weighted by atomic mass is 16.5. The zero-order valence-electron chi connectivity index (χ0n) is 16.1. The molecule has 2 aromatic carbocycles. The molecule has 0 atom stereocenters. The van der Waals surface area contributed by atoms with E-state index in [0.29, 0.717) is 22.6 Å². The van der Waals surface area contributed by atoms with E-state index >= 15 is 0 Å². The zero-order valence-corrected chi connectivity index (χ0v) is 16.1. The number of rotatable bonds is 8. The summed E-state index contributed by atoms with van der Waals surface area (Å²) in [6.45, 7) is 3.51. The van der Waals surface area contributed by atoms with Crippen LogP contribution in [0.4, 0.5) is 0 Å². The number of carbonyl (C=O) groups is 2. The minimum atomic E-state index is -1.16. The highest BCUT2D eigenvalue weighted by Crippen LogP contribution is 2.38. The summed E-state index contributed by atoms with van der Waals surface area (Å²) in [7, 11) is 0. The Labute approximate surface area is 169 Å². The second kappa shape index (κ2) is 8.86. The molecule has 0 aliphatic heterocycles. The predicted molar refractivity (Wildman–Crippen MR) is 108 cm³/mol. The number of hydrogen-bond acceptors (Lipinski definition) is 4. The number of ether oxygens (including phenoxy) is 2. The van der Waals surface area contributed by atoms with Crippen LogP contribution in [0.2, 0.25) is 0 Å². The molecule has 0 heterocycles. The monoisotopic (exact) mass is 392 g/mol. The molecule has 2 aromatic rings. The van der Waals surface area contributed by atoms with Crippen LogP contribution in [0.3, 0.4) is 0 Å². The molecule has 0 amide bonds. The SMILES string of the molecule is C#CCOc1ccc(C(C)(C)c2ccc(OCC#C)cc2C(=O)O)c(C(=O)O)c1. The second-order valence-electron chi connectivity index (χ2n) is 6.64. The number of carboxylic acid groups (broad SMARTS) is 2. The maximum Gasteiger partial charge on any atom is 0.336 e. The highest BCUT2D eigenvalue weighted by Gasteiger charge is 2.32. The molecule has 0 fully saturated rings. The van der Waals surface area contributed by atoms with Crippen molar-refractivity contribution >= 4 is 11.9 Å².